The number of rotatable bonds is 3. The standard InChI is InChI=1S/C16H10ClNO3/c17-14(19)13(10-6-2-1-3-7-10)18-15(20)11-8-4-5-9-12(11)16(18)21/h1-9,13H. The van der Waals surface area contributed by atoms with Crippen molar-refractivity contribution in [2.45, 2.75) is 6.04 Å². The van der Waals surface area contributed by atoms with Crippen LogP contribution in [0.1, 0.15) is 32.3 Å². The number of fused-ring (bicyclic) bond motifs is 1. The molecule has 1 aliphatic rings. The van der Waals surface area contributed by atoms with Gasteiger partial charge in [-0.05, 0) is 29.3 Å². The Morgan fingerprint density at radius 1 is 0.857 bits per heavy atom. The minimum atomic E-state index is -1.11. The highest BCUT2D eigenvalue weighted by molar-refractivity contribution is 6.65. The van der Waals surface area contributed by atoms with Crippen LogP contribution < -0.4 is 0 Å². The summed E-state index contributed by atoms with van der Waals surface area (Å²) in [6, 6.07) is 13.9. The van der Waals surface area contributed by atoms with Crippen LogP contribution in [0.2, 0.25) is 0 Å². The Hall–Kier alpha value is -2.46. The number of nitrogens with zero attached hydrogens (tertiary/aromatic N) is 1. The van der Waals surface area contributed by atoms with Gasteiger partial charge in [0.15, 0.2) is 0 Å². The summed E-state index contributed by atoms with van der Waals surface area (Å²) in [5.74, 6) is -1.00. The van der Waals surface area contributed by atoms with Gasteiger partial charge in [-0.2, -0.15) is 0 Å². The number of benzene rings is 2. The number of carbonyl (C=O) groups excluding carboxylic acids is 3. The fourth-order valence-corrected chi connectivity index (χ4v) is 2.68. The molecule has 0 saturated carbocycles. The molecule has 1 heterocycles. The van der Waals surface area contributed by atoms with Crippen molar-refractivity contribution in [1.82, 2.24) is 4.90 Å². The summed E-state index contributed by atoms with van der Waals surface area (Å²) >= 11 is 5.65. The van der Waals surface area contributed by atoms with Gasteiger partial charge in [0.05, 0.1) is 11.1 Å². The molecule has 3 rings (SSSR count). The molecular weight excluding hydrogens is 290 g/mol. The molecule has 1 atom stereocenters. The van der Waals surface area contributed by atoms with Crippen LogP contribution in [0.4, 0.5) is 0 Å². The third-order valence-corrected chi connectivity index (χ3v) is 3.62. The van der Waals surface area contributed by atoms with E-state index >= 15 is 0 Å². The fourth-order valence-electron chi connectivity index (χ4n) is 2.46. The van der Waals surface area contributed by atoms with Crippen molar-refractivity contribution in [1.29, 1.82) is 0 Å². The smallest absolute Gasteiger partial charge is 0.262 e. The highest BCUT2D eigenvalue weighted by Crippen LogP contribution is 2.32. The molecule has 104 valence electrons. The van der Waals surface area contributed by atoms with E-state index in [1.165, 1.54) is 0 Å². The van der Waals surface area contributed by atoms with Gasteiger partial charge in [-0.15, -0.1) is 0 Å². The van der Waals surface area contributed by atoms with E-state index in [1.807, 2.05) is 0 Å². The molecule has 5 heteroatoms. The molecule has 1 aliphatic heterocycles. The Kier molecular flexibility index (Phi) is 3.31. The number of hydrogen-bond donors (Lipinski definition) is 0. The lowest BCUT2D eigenvalue weighted by Crippen LogP contribution is -2.37. The molecule has 0 fully saturated rings. The maximum Gasteiger partial charge on any atom is 0.262 e. The largest absolute Gasteiger partial charge is 0.279 e. The summed E-state index contributed by atoms with van der Waals surface area (Å²) in [5, 5.41) is -0.768. The summed E-state index contributed by atoms with van der Waals surface area (Å²) in [4.78, 5) is 37.6. The number of carbonyl (C=O) groups is 3. The molecule has 2 aromatic rings. The van der Waals surface area contributed by atoms with E-state index in [-0.39, 0.29) is 0 Å². The van der Waals surface area contributed by atoms with E-state index in [2.05, 4.69) is 0 Å². The van der Waals surface area contributed by atoms with Gasteiger partial charge < -0.3 is 0 Å². The summed E-state index contributed by atoms with van der Waals surface area (Å²) < 4.78 is 0. The van der Waals surface area contributed by atoms with Crippen molar-refractivity contribution in [2.24, 2.45) is 0 Å². The van der Waals surface area contributed by atoms with Crippen LogP contribution >= 0.6 is 11.6 Å². The van der Waals surface area contributed by atoms with Gasteiger partial charge in [0.1, 0.15) is 6.04 Å². The summed E-state index contributed by atoms with van der Waals surface area (Å²) in [7, 11) is 0. The third-order valence-electron chi connectivity index (χ3n) is 3.41. The van der Waals surface area contributed by atoms with Crippen molar-refractivity contribution in [3.05, 3.63) is 71.3 Å². The van der Waals surface area contributed by atoms with Crippen LogP contribution in [0, 0.1) is 0 Å². The van der Waals surface area contributed by atoms with Crippen LogP contribution in [-0.4, -0.2) is 22.0 Å². The number of halogens is 1. The molecule has 21 heavy (non-hydrogen) atoms. The topological polar surface area (TPSA) is 54.5 Å². The number of amides is 2. The predicted molar refractivity (Wildman–Crippen MR) is 77.0 cm³/mol. The second-order valence-corrected chi connectivity index (χ2v) is 5.02. The molecule has 0 aliphatic carbocycles. The van der Waals surface area contributed by atoms with E-state index < -0.39 is 23.1 Å². The first kappa shape index (κ1) is 13.5. The second-order valence-electron chi connectivity index (χ2n) is 4.64. The molecule has 0 aromatic heterocycles. The first-order valence-electron chi connectivity index (χ1n) is 6.32. The van der Waals surface area contributed by atoms with Gasteiger partial charge in [0.2, 0.25) is 5.24 Å². The Bertz CT molecular complexity index is 707. The fraction of sp³-hybridized carbons (Fsp3) is 0.0625. The average molecular weight is 300 g/mol. The summed E-state index contributed by atoms with van der Waals surface area (Å²) in [5.41, 5.74) is 1.09. The monoisotopic (exact) mass is 299 g/mol. The molecule has 0 radical (unpaired) electrons. The van der Waals surface area contributed by atoms with Crippen molar-refractivity contribution in [2.75, 3.05) is 0 Å². The van der Waals surface area contributed by atoms with E-state index in [4.69, 9.17) is 11.6 Å². The quantitative estimate of drug-likeness (QED) is 0.647. The first-order valence-corrected chi connectivity index (χ1v) is 6.70. The first-order chi connectivity index (χ1) is 10.1. The zero-order valence-corrected chi connectivity index (χ0v) is 11.6. The zero-order chi connectivity index (χ0) is 15.0. The molecule has 2 aromatic carbocycles. The maximum atomic E-state index is 12.4. The minimum absolute atomic E-state index is 0.293. The molecule has 0 spiro atoms. The van der Waals surface area contributed by atoms with Gasteiger partial charge in [-0.1, -0.05) is 42.5 Å². The lowest BCUT2D eigenvalue weighted by Gasteiger charge is -2.23. The Labute approximate surface area is 125 Å². The maximum absolute atomic E-state index is 12.4. The van der Waals surface area contributed by atoms with Crippen LogP contribution in [-0.2, 0) is 4.79 Å². The molecular formula is C16H10ClNO3. The molecule has 4 nitrogen and oxygen atoms in total. The third kappa shape index (κ3) is 2.14. The number of hydrogen-bond acceptors (Lipinski definition) is 3. The molecule has 0 bridgehead atoms. The Morgan fingerprint density at radius 2 is 1.33 bits per heavy atom. The lowest BCUT2D eigenvalue weighted by atomic mass is 10.1. The van der Waals surface area contributed by atoms with Gasteiger partial charge in [-0.3, -0.25) is 19.3 Å². The highest BCUT2D eigenvalue weighted by atomic mass is 35.5. The zero-order valence-electron chi connectivity index (χ0n) is 10.8. The van der Waals surface area contributed by atoms with E-state index in [0.29, 0.717) is 16.7 Å². The van der Waals surface area contributed by atoms with Crippen molar-refractivity contribution < 1.29 is 14.4 Å². The van der Waals surface area contributed by atoms with E-state index in [1.54, 1.807) is 54.6 Å². The van der Waals surface area contributed by atoms with Crippen molar-refractivity contribution in [3.63, 3.8) is 0 Å². The van der Waals surface area contributed by atoms with E-state index in [9.17, 15) is 14.4 Å². The van der Waals surface area contributed by atoms with Crippen LogP contribution in [0.15, 0.2) is 54.6 Å². The van der Waals surface area contributed by atoms with E-state index in [0.717, 1.165) is 4.90 Å². The van der Waals surface area contributed by atoms with Gasteiger partial charge in [0, 0.05) is 0 Å². The van der Waals surface area contributed by atoms with Gasteiger partial charge in [-0.25, -0.2) is 0 Å². The van der Waals surface area contributed by atoms with Gasteiger partial charge >= 0.3 is 0 Å². The van der Waals surface area contributed by atoms with Crippen LogP contribution in [0.3, 0.4) is 0 Å². The summed E-state index contributed by atoms with van der Waals surface area (Å²) in [6.07, 6.45) is 0. The molecule has 2 amide bonds. The average Bonchev–Trinajstić information content (AvgIpc) is 2.74. The SMILES string of the molecule is O=C(Cl)C(c1ccccc1)N1C(=O)c2ccccc2C1=O. The predicted octanol–water partition coefficient (Wildman–Crippen LogP) is 2.79. The number of imide groups is 1. The molecule has 1 unspecified atom stereocenters. The highest BCUT2D eigenvalue weighted by Gasteiger charge is 2.42. The van der Waals surface area contributed by atoms with Crippen LogP contribution in [0.5, 0.6) is 0 Å². The second kappa shape index (κ2) is 5.14. The summed E-state index contributed by atoms with van der Waals surface area (Å²) in [6.45, 7) is 0. The Morgan fingerprint density at radius 3 is 1.81 bits per heavy atom. The lowest BCUT2D eigenvalue weighted by molar-refractivity contribution is -0.115. The molecule has 0 saturated heterocycles. The Balaban J connectivity index is 2.09. The van der Waals surface area contributed by atoms with Gasteiger partial charge in [0.25, 0.3) is 11.8 Å². The molecule has 0 N–H and O–H groups in total. The van der Waals surface area contributed by atoms with Crippen molar-refractivity contribution >= 4 is 28.7 Å². The normalized spacial score (nSPS) is 15.0. The van der Waals surface area contributed by atoms with Crippen LogP contribution in [0.25, 0.3) is 0 Å². The van der Waals surface area contributed by atoms with Crippen molar-refractivity contribution in [3.8, 4) is 0 Å². The minimum Gasteiger partial charge on any atom is -0.279 e.